The van der Waals surface area contributed by atoms with Gasteiger partial charge in [-0.1, -0.05) is 70.2 Å². The monoisotopic (exact) mass is 1700 g/mol. The average molecular weight is 1700 g/mol. The molecule has 7 heterocycles. The zero-order valence-corrected chi connectivity index (χ0v) is 68.9. The lowest BCUT2D eigenvalue weighted by atomic mass is 9.99. The number of ketones is 4. The summed E-state index contributed by atoms with van der Waals surface area (Å²) in [5.74, 6) is -13.5. The summed E-state index contributed by atoms with van der Waals surface area (Å²) in [4.78, 5) is 128. The number of aryl methyl sites for hydroxylation is 5. The summed E-state index contributed by atoms with van der Waals surface area (Å²) >= 11 is 0. The molecule has 0 radical (unpaired) electrons. The van der Waals surface area contributed by atoms with Gasteiger partial charge in [-0.15, -0.1) is 0 Å². The Morgan fingerprint density at radius 1 is 0.306 bits per heavy atom. The Kier molecular flexibility index (Phi) is 33.2. The van der Waals surface area contributed by atoms with Crippen LogP contribution < -0.4 is 19.6 Å². The van der Waals surface area contributed by atoms with Crippen LogP contribution in [0.3, 0.4) is 0 Å². The van der Waals surface area contributed by atoms with E-state index in [0.717, 1.165) is 42.5 Å². The van der Waals surface area contributed by atoms with Crippen LogP contribution in [0.2, 0.25) is 0 Å². The van der Waals surface area contributed by atoms with Crippen LogP contribution in [0.5, 0.6) is 0 Å². The van der Waals surface area contributed by atoms with E-state index in [4.69, 9.17) is 0 Å². The first-order valence-electron chi connectivity index (χ1n) is 39.1. The third-order valence-electron chi connectivity index (χ3n) is 20.1. The molecule has 124 heavy (non-hydrogen) atoms. The van der Waals surface area contributed by atoms with Gasteiger partial charge < -0.3 is 19.6 Å². The number of Topliss-reactive ketones (excluding diaryl/α,β-unsaturated/α-hetero) is 4. The molecule has 5 aromatic carbocycles. The molecule has 0 bridgehead atoms. The molecular weight excluding hydrogens is 1620 g/mol. The van der Waals surface area contributed by atoms with Gasteiger partial charge in [-0.3, -0.25) is 63.3 Å². The second-order valence-corrected chi connectivity index (χ2v) is 28.0. The van der Waals surface area contributed by atoms with Gasteiger partial charge in [0.2, 0.25) is 41.5 Å². The number of amides is 4. The standard InChI is InChI=1S/C24H20F4N2O2.C24H23F2N3O2.C23H20F3N3O2.C23H21F2N3O2/c1-3-21(32)30(2)18-11-10-17(22(26)23(18)27)14-4-6-15(7-5-14)19(31)12-8-16-9-13-20(25)29-24(16)28;1-4-22(31)29(3)20-11-9-18(23(25)24(20)26)19-10-7-17(14-28-19)21(30)12-8-16-6-5-13-27-15(16)2;1-3-20(31)29(2)18-10-8-16(21(24)22(18)25)17-9-6-15(13-28-17)19(30)11-7-14-5-4-12-27-23(14)26;1-3-21(30)28(2)19-10-8-17(22(24)23(19)25)18-9-7-16(14-27-18)20(29)11-6-15-5-4-12-26-13-15/h4-7,9-11,13H,3,8,12H2,1-2H3;5-7,9-11,13-14H,4,8,12H2,1-3H3;4-6,8-10,12-13H,3,7,11H2,1-2H3;4-5,7-10,12-14H,3,6,11H2,1-2H3. The van der Waals surface area contributed by atoms with E-state index in [0.29, 0.717) is 53.5 Å². The first kappa shape index (κ1) is 93.8. The van der Waals surface area contributed by atoms with Crippen molar-refractivity contribution in [3.8, 4) is 44.9 Å². The SMILES string of the molecule is CCC(=O)N(C)c1ccc(-c2ccc(C(=O)CCc3ccc(F)nc3F)cc2)c(F)c1F.CCC(=O)N(C)c1ccc(-c2ccc(C(=O)CCc3cccnc3)cn2)c(F)c1F.CCC(=O)N(C)c1ccc(-c2ccc(C(=O)CCc3cccnc3C)cn2)c(F)c1F.CCC(=O)N(C)c1ccc(-c2ccc(C(=O)CCc3cccnc3F)cn2)c(F)c1F. The summed E-state index contributed by atoms with van der Waals surface area (Å²) in [6.07, 6.45) is 13.0. The fourth-order valence-electron chi connectivity index (χ4n) is 12.6. The molecule has 0 aliphatic carbocycles. The van der Waals surface area contributed by atoms with Crippen LogP contribution in [-0.2, 0) is 44.9 Å². The van der Waals surface area contributed by atoms with Gasteiger partial charge in [0.25, 0.3) is 0 Å². The van der Waals surface area contributed by atoms with E-state index >= 15 is 0 Å². The Labute approximate surface area is 707 Å². The first-order chi connectivity index (χ1) is 59.3. The van der Waals surface area contributed by atoms with Gasteiger partial charge in [-0.2, -0.15) is 18.2 Å². The Bertz CT molecular complexity index is 5700. The summed E-state index contributed by atoms with van der Waals surface area (Å²) in [6.45, 7) is 8.43. The fraction of sp³-hybridized carbons (Fsp3) is 0.223. The number of nitrogens with zero attached hydrogens (tertiary/aromatic N) is 11. The minimum Gasteiger partial charge on any atom is -0.313 e. The molecule has 0 atom stereocenters. The van der Waals surface area contributed by atoms with Crippen LogP contribution in [0.4, 0.5) is 71.0 Å². The van der Waals surface area contributed by atoms with Crippen LogP contribution in [0.15, 0.2) is 201 Å². The number of hydrogen-bond acceptors (Lipinski definition) is 15. The van der Waals surface area contributed by atoms with Crippen LogP contribution >= 0.6 is 0 Å². The van der Waals surface area contributed by atoms with Crippen molar-refractivity contribution in [3.63, 3.8) is 0 Å². The molecule has 0 saturated carbocycles. The number of pyridine rings is 7. The largest absolute Gasteiger partial charge is 0.313 e. The zero-order chi connectivity index (χ0) is 90.2. The van der Waals surface area contributed by atoms with Gasteiger partial charge in [0.15, 0.2) is 69.7 Å². The highest BCUT2D eigenvalue weighted by Gasteiger charge is 2.27. The van der Waals surface area contributed by atoms with Crippen molar-refractivity contribution in [1.82, 2.24) is 34.9 Å². The molecule has 0 saturated heterocycles. The summed E-state index contributed by atoms with van der Waals surface area (Å²) in [7, 11) is 5.54. The molecule has 30 heteroatoms. The molecule has 0 aliphatic rings. The molecule has 0 fully saturated rings. The number of anilines is 4. The molecular formula is C94H84F11N11O8. The first-order valence-corrected chi connectivity index (χ1v) is 39.1. The summed E-state index contributed by atoms with van der Waals surface area (Å²) in [6, 6.07) is 38.5. The summed E-state index contributed by atoms with van der Waals surface area (Å²) in [5.41, 5.74) is 4.82. The highest BCUT2D eigenvalue weighted by Crippen LogP contribution is 2.36. The van der Waals surface area contributed by atoms with E-state index in [9.17, 15) is 86.7 Å². The van der Waals surface area contributed by atoms with Gasteiger partial charge in [0.05, 0.1) is 39.8 Å². The Morgan fingerprint density at radius 3 is 1.00 bits per heavy atom. The van der Waals surface area contributed by atoms with E-state index in [1.807, 2.05) is 31.2 Å². The molecule has 640 valence electrons. The lowest BCUT2D eigenvalue weighted by molar-refractivity contribution is -0.118. The molecule has 0 spiro atoms. The van der Waals surface area contributed by atoms with Crippen molar-refractivity contribution in [2.45, 2.75) is 112 Å². The van der Waals surface area contributed by atoms with Crippen LogP contribution in [-0.4, -0.2) is 110 Å². The maximum Gasteiger partial charge on any atom is 0.226 e. The lowest BCUT2D eigenvalue weighted by Crippen LogP contribution is -2.26. The van der Waals surface area contributed by atoms with E-state index in [1.54, 1.807) is 70.6 Å². The lowest BCUT2D eigenvalue weighted by Gasteiger charge is -2.18. The molecule has 0 N–H and O–H groups in total. The highest BCUT2D eigenvalue weighted by atomic mass is 19.2. The Morgan fingerprint density at radius 2 is 0.645 bits per heavy atom. The fourth-order valence-corrected chi connectivity index (χ4v) is 12.6. The van der Waals surface area contributed by atoms with Crippen molar-refractivity contribution < 1.29 is 86.7 Å². The van der Waals surface area contributed by atoms with Gasteiger partial charge >= 0.3 is 0 Å². The second-order valence-electron chi connectivity index (χ2n) is 28.0. The summed E-state index contributed by atoms with van der Waals surface area (Å²) < 4.78 is 157. The number of halogens is 11. The third-order valence-corrected chi connectivity index (χ3v) is 20.1. The van der Waals surface area contributed by atoms with Crippen molar-refractivity contribution in [2.75, 3.05) is 47.8 Å². The number of aromatic nitrogens is 7. The molecule has 4 amide bonds. The molecule has 0 unspecified atom stereocenters. The number of hydrogen-bond donors (Lipinski definition) is 0. The van der Waals surface area contributed by atoms with Gasteiger partial charge in [-0.05, 0) is 165 Å². The van der Waals surface area contributed by atoms with Crippen LogP contribution in [0.25, 0.3) is 44.9 Å². The minimum absolute atomic E-state index is 0.0120. The smallest absolute Gasteiger partial charge is 0.226 e. The summed E-state index contributed by atoms with van der Waals surface area (Å²) in [5, 5.41) is 0. The maximum atomic E-state index is 14.7. The number of benzene rings is 5. The Hall–Kier alpha value is -14.1. The van der Waals surface area contributed by atoms with Gasteiger partial charge in [0.1, 0.15) is 0 Å². The van der Waals surface area contributed by atoms with Crippen molar-refractivity contribution in [3.05, 3.63) is 316 Å². The number of rotatable bonds is 28. The van der Waals surface area contributed by atoms with Crippen LogP contribution in [0, 0.1) is 71.3 Å². The minimum atomic E-state index is -1.15. The predicted octanol–water partition coefficient (Wildman–Crippen LogP) is 19.8. The van der Waals surface area contributed by atoms with Crippen molar-refractivity contribution in [2.24, 2.45) is 0 Å². The molecule has 7 aromatic heterocycles. The van der Waals surface area contributed by atoms with Gasteiger partial charge in [0, 0.05) is 184 Å². The van der Waals surface area contributed by atoms with Crippen LogP contribution in [0.1, 0.15) is 148 Å². The van der Waals surface area contributed by atoms with E-state index in [1.165, 1.54) is 156 Å². The quantitative estimate of drug-likeness (QED) is 0.0252. The second kappa shape index (κ2) is 44.0. The molecule has 19 nitrogen and oxygen atoms in total. The zero-order valence-electron chi connectivity index (χ0n) is 68.9. The normalized spacial score (nSPS) is 10.7. The van der Waals surface area contributed by atoms with Crippen molar-refractivity contribution >= 4 is 69.5 Å². The highest BCUT2D eigenvalue weighted by molar-refractivity contribution is 6.00. The number of carbonyl (C=O) groups is 8. The molecule has 12 rings (SSSR count). The van der Waals surface area contributed by atoms with E-state index in [-0.39, 0.29) is 171 Å². The third kappa shape index (κ3) is 23.6. The number of carbonyl (C=O) groups excluding carboxylic acids is 8. The van der Waals surface area contributed by atoms with Crippen molar-refractivity contribution in [1.29, 1.82) is 0 Å². The Balaban J connectivity index is 0.000000187. The van der Waals surface area contributed by atoms with Gasteiger partial charge in [-0.25, -0.2) is 40.1 Å². The average Bonchev–Trinajstić information content (AvgIpc) is 0.808. The maximum absolute atomic E-state index is 14.7. The topological polar surface area (TPSA) is 240 Å². The molecule has 0 aliphatic heterocycles. The predicted molar refractivity (Wildman–Crippen MR) is 448 cm³/mol. The van der Waals surface area contributed by atoms with E-state index in [2.05, 4.69) is 34.9 Å². The van der Waals surface area contributed by atoms with E-state index < -0.39 is 64.4 Å². The molecule has 12 aromatic rings.